The van der Waals surface area contributed by atoms with E-state index in [1.165, 1.54) is 0 Å². The number of rotatable bonds is 1. The molecule has 0 fully saturated rings. The SMILES string of the molecule is N#Cc1cc2ccccc2nc1-c1ccccc1N. The molecule has 3 aromatic rings. The maximum atomic E-state index is 9.30. The van der Waals surface area contributed by atoms with Crippen molar-refractivity contribution in [2.45, 2.75) is 0 Å². The number of benzene rings is 2. The number of hydrogen-bond acceptors (Lipinski definition) is 3. The lowest BCUT2D eigenvalue weighted by Crippen LogP contribution is -1.95. The molecule has 0 saturated carbocycles. The number of pyridine rings is 1. The van der Waals surface area contributed by atoms with Gasteiger partial charge in [-0.3, -0.25) is 0 Å². The Kier molecular flexibility index (Phi) is 2.62. The molecule has 0 aliphatic carbocycles. The minimum Gasteiger partial charge on any atom is -0.398 e. The molecule has 3 heteroatoms. The predicted molar refractivity (Wildman–Crippen MR) is 76.3 cm³/mol. The van der Waals surface area contributed by atoms with Crippen molar-refractivity contribution in [3.63, 3.8) is 0 Å². The molecular formula is C16H11N3. The Hall–Kier alpha value is -2.86. The van der Waals surface area contributed by atoms with Crippen molar-refractivity contribution >= 4 is 16.6 Å². The van der Waals surface area contributed by atoms with E-state index >= 15 is 0 Å². The summed E-state index contributed by atoms with van der Waals surface area (Å²) in [5.74, 6) is 0. The lowest BCUT2D eigenvalue weighted by atomic mass is 10.0. The third-order valence-corrected chi connectivity index (χ3v) is 3.06. The molecule has 2 N–H and O–H groups in total. The molecule has 0 aliphatic heterocycles. The maximum Gasteiger partial charge on any atom is 0.101 e. The monoisotopic (exact) mass is 245 g/mol. The van der Waals surface area contributed by atoms with Crippen molar-refractivity contribution in [1.82, 2.24) is 4.98 Å². The van der Waals surface area contributed by atoms with Crippen LogP contribution >= 0.6 is 0 Å². The number of nitrogens with zero attached hydrogens (tertiary/aromatic N) is 2. The average molecular weight is 245 g/mol. The number of aromatic nitrogens is 1. The van der Waals surface area contributed by atoms with Gasteiger partial charge in [-0.05, 0) is 18.2 Å². The van der Waals surface area contributed by atoms with Crippen molar-refractivity contribution in [3.8, 4) is 17.3 Å². The van der Waals surface area contributed by atoms with Gasteiger partial charge < -0.3 is 5.73 Å². The van der Waals surface area contributed by atoms with Crippen LogP contribution in [0.4, 0.5) is 5.69 Å². The summed E-state index contributed by atoms with van der Waals surface area (Å²) in [5, 5.41) is 10.3. The molecule has 0 atom stereocenters. The van der Waals surface area contributed by atoms with Gasteiger partial charge in [-0.2, -0.15) is 5.26 Å². The average Bonchev–Trinajstić information content (AvgIpc) is 2.46. The summed E-state index contributed by atoms with van der Waals surface area (Å²) in [5.41, 5.74) is 9.43. The highest BCUT2D eigenvalue weighted by Crippen LogP contribution is 2.29. The van der Waals surface area contributed by atoms with Crippen LogP contribution in [0.15, 0.2) is 54.6 Å². The molecule has 2 aromatic carbocycles. The van der Waals surface area contributed by atoms with Gasteiger partial charge in [0.25, 0.3) is 0 Å². The predicted octanol–water partition coefficient (Wildman–Crippen LogP) is 3.36. The highest BCUT2D eigenvalue weighted by molar-refractivity contribution is 5.87. The van der Waals surface area contributed by atoms with E-state index in [0.29, 0.717) is 16.9 Å². The first kappa shape index (κ1) is 11.2. The van der Waals surface area contributed by atoms with Crippen molar-refractivity contribution < 1.29 is 0 Å². The molecule has 3 nitrogen and oxygen atoms in total. The Balaban J connectivity index is 2.35. The van der Waals surface area contributed by atoms with Gasteiger partial charge in [0.05, 0.1) is 16.8 Å². The second kappa shape index (κ2) is 4.43. The normalized spacial score (nSPS) is 10.3. The van der Waals surface area contributed by atoms with Crippen LogP contribution in [0.5, 0.6) is 0 Å². The van der Waals surface area contributed by atoms with Gasteiger partial charge in [0.15, 0.2) is 0 Å². The third-order valence-electron chi connectivity index (χ3n) is 3.06. The fraction of sp³-hybridized carbons (Fsp3) is 0. The van der Waals surface area contributed by atoms with Crippen LogP contribution in [-0.4, -0.2) is 4.98 Å². The first-order valence-corrected chi connectivity index (χ1v) is 5.94. The van der Waals surface area contributed by atoms with Crippen LogP contribution in [0.25, 0.3) is 22.2 Å². The van der Waals surface area contributed by atoms with E-state index in [4.69, 9.17) is 5.73 Å². The highest BCUT2D eigenvalue weighted by Gasteiger charge is 2.10. The summed E-state index contributed by atoms with van der Waals surface area (Å²) in [4.78, 5) is 4.57. The van der Waals surface area contributed by atoms with Crippen molar-refractivity contribution in [1.29, 1.82) is 5.26 Å². The zero-order chi connectivity index (χ0) is 13.2. The number of nitrogens with two attached hydrogens (primary N) is 1. The lowest BCUT2D eigenvalue weighted by Gasteiger charge is -2.08. The molecule has 90 valence electrons. The van der Waals surface area contributed by atoms with Gasteiger partial charge in [0.1, 0.15) is 6.07 Å². The van der Waals surface area contributed by atoms with Crippen LogP contribution in [0, 0.1) is 11.3 Å². The van der Waals surface area contributed by atoms with E-state index in [9.17, 15) is 5.26 Å². The van der Waals surface area contributed by atoms with Gasteiger partial charge >= 0.3 is 0 Å². The molecule has 0 bridgehead atoms. The molecule has 1 heterocycles. The highest BCUT2D eigenvalue weighted by atomic mass is 14.7. The second-order valence-corrected chi connectivity index (χ2v) is 4.28. The van der Waals surface area contributed by atoms with Crippen LogP contribution in [0.2, 0.25) is 0 Å². The van der Waals surface area contributed by atoms with Gasteiger partial charge in [-0.15, -0.1) is 0 Å². The zero-order valence-electron chi connectivity index (χ0n) is 10.2. The summed E-state index contributed by atoms with van der Waals surface area (Å²) in [6.07, 6.45) is 0. The number of para-hydroxylation sites is 2. The van der Waals surface area contributed by atoms with E-state index in [2.05, 4.69) is 11.1 Å². The number of hydrogen-bond donors (Lipinski definition) is 1. The van der Waals surface area contributed by atoms with E-state index in [-0.39, 0.29) is 0 Å². The number of nitrogen functional groups attached to an aromatic ring is 1. The number of nitriles is 1. The van der Waals surface area contributed by atoms with Crippen molar-refractivity contribution in [3.05, 3.63) is 60.2 Å². The third kappa shape index (κ3) is 1.90. The molecule has 0 aliphatic rings. The van der Waals surface area contributed by atoms with E-state index in [1.807, 2.05) is 54.6 Å². The maximum absolute atomic E-state index is 9.30. The van der Waals surface area contributed by atoms with Crippen LogP contribution in [-0.2, 0) is 0 Å². The van der Waals surface area contributed by atoms with Gasteiger partial charge in [-0.25, -0.2) is 4.98 Å². The topological polar surface area (TPSA) is 62.7 Å². The molecule has 0 amide bonds. The molecular weight excluding hydrogens is 234 g/mol. The summed E-state index contributed by atoms with van der Waals surface area (Å²) < 4.78 is 0. The first-order chi connectivity index (χ1) is 9.29. The van der Waals surface area contributed by atoms with Crippen LogP contribution in [0.1, 0.15) is 5.56 Å². The van der Waals surface area contributed by atoms with E-state index in [1.54, 1.807) is 0 Å². The summed E-state index contributed by atoms with van der Waals surface area (Å²) in [7, 11) is 0. The first-order valence-electron chi connectivity index (χ1n) is 5.94. The minimum absolute atomic E-state index is 0.539. The fourth-order valence-corrected chi connectivity index (χ4v) is 2.12. The number of fused-ring (bicyclic) bond motifs is 1. The lowest BCUT2D eigenvalue weighted by molar-refractivity contribution is 1.36. The van der Waals surface area contributed by atoms with Crippen LogP contribution < -0.4 is 5.73 Å². The quantitative estimate of drug-likeness (QED) is 0.669. The fourth-order valence-electron chi connectivity index (χ4n) is 2.12. The molecule has 1 aromatic heterocycles. The standard InChI is InChI=1S/C16H11N3/c17-10-12-9-11-5-1-4-8-15(11)19-16(12)13-6-2-3-7-14(13)18/h1-9H,18H2. The molecule has 0 unspecified atom stereocenters. The van der Waals surface area contributed by atoms with Gasteiger partial charge in [0, 0.05) is 16.6 Å². The molecule has 19 heavy (non-hydrogen) atoms. The number of anilines is 1. The molecule has 0 saturated heterocycles. The molecule has 3 rings (SSSR count). The largest absolute Gasteiger partial charge is 0.398 e. The minimum atomic E-state index is 0.539. The Labute approximate surface area is 110 Å². The van der Waals surface area contributed by atoms with Crippen molar-refractivity contribution in [2.24, 2.45) is 0 Å². The van der Waals surface area contributed by atoms with Crippen LogP contribution in [0.3, 0.4) is 0 Å². The van der Waals surface area contributed by atoms with Gasteiger partial charge in [-0.1, -0.05) is 36.4 Å². The van der Waals surface area contributed by atoms with E-state index < -0.39 is 0 Å². The van der Waals surface area contributed by atoms with Gasteiger partial charge in [0.2, 0.25) is 0 Å². The Morgan fingerprint density at radius 2 is 1.74 bits per heavy atom. The Morgan fingerprint density at radius 3 is 2.53 bits per heavy atom. The summed E-state index contributed by atoms with van der Waals surface area (Å²) in [6, 6.07) is 19.2. The van der Waals surface area contributed by atoms with Crippen molar-refractivity contribution in [2.75, 3.05) is 5.73 Å². The Bertz CT molecular complexity index is 800. The zero-order valence-corrected chi connectivity index (χ0v) is 10.2. The smallest absolute Gasteiger partial charge is 0.101 e. The second-order valence-electron chi connectivity index (χ2n) is 4.28. The molecule has 0 radical (unpaired) electrons. The molecule has 0 spiro atoms. The van der Waals surface area contributed by atoms with E-state index in [0.717, 1.165) is 16.5 Å². The Morgan fingerprint density at radius 1 is 1.00 bits per heavy atom. The summed E-state index contributed by atoms with van der Waals surface area (Å²) >= 11 is 0. The summed E-state index contributed by atoms with van der Waals surface area (Å²) in [6.45, 7) is 0.